The molecule has 0 radical (unpaired) electrons. The highest BCUT2D eigenvalue weighted by Gasteiger charge is 2.47. The molecule has 2 aliphatic carbocycles. The molecule has 0 amide bonds. The van der Waals surface area contributed by atoms with Crippen molar-refractivity contribution in [1.82, 2.24) is 10.2 Å². The van der Waals surface area contributed by atoms with Gasteiger partial charge in [0.05, 0.1) is 12.1 Å². The molecule has 0 aromatic rings. The summed E-state index contributed by atoms with van der Waals surface area (Å²) in [7, 11) is 0. The molecule has 2 saturated carbocycles. The number of aliphatic hydroxyl groups excluding tert-OH is 1. The fraction of sp³-hybridized carbons (Fsp3) is 1.00. The Labute approximate surface area is 117 Å². The first-order valence-electron chi connectivity index (χ1n) is 8.39. The van der Waals surface area contributed by atoms with Crippen LogP contribution in [0.5, 0.6) is 0 Å². The number of nitrogens with one attached hydrogen (secondary N) is 1. The van der Waals surface area contributed by atoms with Crippen LogP contribution >= 0.6 is 0 Å². The lowest BCUT2D eigenvalue weighted by Crippen LogP contribution is -2.60. The molecular weight excluding hydrogens is 236 g/mol. The third-order valence-electron chi connectivity index (χ3n) is 5.76. The van der Waals surface area contributed by atoms with E-state index in [1.807, 2.05) is 0 Å². The van der Waals surface area contributed by atoms with Crippen LogP contribution in [0.1, 0.15) is 51.9 Å². The number of aliphatic hydroxyl groups is 1. The lowest BCUT2D eigenvalue weighted by Gasteiger charge is -2.44. The third-order valence-corrected chi connectivity index (χ3v) is 5.76. The normalized spacial score (nSPS) is 35.1. The van der Waals surface area contributed by atoms with Crippen molar-refractivity contribution in [2.75, 3.05) is 26.2 Å². The van der Waals surface area contributed by atoms with Crippen LogP contribution in [0.4, 0.5) is 0 Å². The average Bonchev–Trinajstić information content (AvgIpc) is 3.17. The van der Waals surface area contributed by atoms with Gasteiger partial charge >= 0.3 is 0 Å². The quantitative estimate of drug-likeness (QED) is 0.772. The minimum atomic E-state index is -0.0147. The summed E-state index contributed by atoms with van der Waals surface area (Å²) in [6.45, 7) is 5.77. The van der Waals surface area contributed by atoms with Crippen molar-refractivity contribution in [2.24, 2.45) is 11.8 Å². The molecule has 3 nitrogen and oxygen atoms in total. The minimum Gasteiger partial charge on any atom is -0.394 e. The number of fused-ring (bicyclic) bond motifs is 1. The molecule has 3 aliphatic rings. The van der Waals surface area contributed by atoms with Gasteiger partial charge in [-0.15, -0.1) is 0 Å². The van der Waals surface area contributed by atoms with Crippen molar-refractivity contribution in [1.29, 1.82) is 0 Å². The highest BCUT2D eigenvalue weighted by molar-refractivity contribution is 5.04. The van der Waals surface area contributed by atoms with Crippen LogP contribution in [-0.4, -0.2) is 47.8 Å². The van der Waals surface area contributed by atoms with Crippen LogP contribution in [0, 0.1) is 11.8 Å². The SMILES string of the molecule is CCNC(CO)(CN1CCCC2CCCC21)C1CC1. The zero-order chi connectivity index (χ0) is 13.3. The van der Waals surface area contributed by atoms with Gasteiger partial charge in [0, 0.05) is 12.6 Å². The van der Waals surface area contributed by atoms with Crippen LogP contribution in [0.2, 0.25) is 0 Å². The van der Waals surface area contributed by atoms with E-state index in [0.717, 1.165) is 25.0 Å². The second-order valence-electron chi connectivity index (χ2n) is 6.99. The molecule has 1 saturated heterocycles. The standard InChI is InChI=1S/C16H30N2O/c1-2-17-16(12-19,14-8-9-14)11-18-10-4-6-13-5-3-7-15(13)18/h13-15,17,19H,2-12H2,1H3. The summed E-state index contributed by atoms with van der Waals surface area (Å²) in [5.74, 6) is 1.66. The van der Waals surface area contributed by atoms with E-state index in [1.54, 1.807) is 0 Å². The maximum atomic E-state index is 10.0. The summed E-state index contributed by atoms with van der Waals surface area (Å²) in [6.07, 6.45) is 9.66. The van der Waals surface area contributed by atoms with Gasteiger partial charge < -0.3 is 10.4 Å². The average molecular weight is 266 g/mol. The molecule has 1 aliphatic heterocycles. The largest absolute Gasteiger partial charge is 0.394 e. The maximum absolute atomic E-state index is 10.0. The van der Waals surface area contributed by atoms with Gasteiger partial charge in [-0.25, -0.2) is 0 Å². The van der Waals surface area contributed by atoms with E-state index >= 15 is 0 Å². The zero-order valence-electron chi connectivity index (χ0n) is 12.4. The van der Waals surface area contributed by atoms with E-state index in [0.29, 0.717) is 12.5 Å². The van der Waals surface area contributed by atoms with Gasteiger partial charge in [0.2, 0.25) is 0 Å². The van der Waals surface area contributed by atoms with Gasteiger partial charge in [0.15, 0.2) is 0 Å². The third kappa shape index (κ3) is 2.70. The predicted octanol–water partition coefficient (Wildman–Crippen LogP) is 2.00. The molecular formula is C16H30N2O. The lowest BCUT2D eigenvalue weighted by atomic mass is 9.87. The molecule has 2 N–H and O–H groups in total. The van der Waals surface area contributed by atoms with Gasteiger partial charge in [-0.2, -0.15) is 0 Å². The number of likely N-dealkylation sites (N-methyl/N-ethyl adjacent to an activating group) is 1. The summed E-state index contributed by atoms with van der Waals surface area (Å²) in [5, 5.41) is 13.6. The molecule has 3 heteroatoms. The van der Waals surface area contributed by atoms with Crippen molar-refractivity contribution >= 4 is 0 Å². The number of piperidine rings is 1. The molecule has 3 unspecified atom stereocenters. The molecule has 0 spiro atoms. The Morgan fingerprint density at radius 3 is 2.63 bits per heavy atom. The van der Waals surface area contributed by atoms with Crippen molar-refractivity contribution in [3.8, 4) is 0 Å². The molecule has 3 fully saturated rings. The Morgan fingerprint density at radius 2 is 1.95 bits per heavy atom. The van der Waals surface area contributed by atoms with E-state index in [2.05, 4.69) is 17.1 Å². The maximum Gasteiger partial charge on any atom is 0.0628 e. The summed E-state index contributed by atoms with van der Waals surface area (Å²) in [4.78, 5) is 2.72. The summed E-state index contributed by atoms with van der Waals surface area (Å²) in [5.41, 5.74) is -0.0147. The second kappa shape index (κ2) is 5.71. The monoisotopic (exact) mass is 266 g/mol. The number of hydrogen-bond acceptors (Lipinski definition) is 3. The van der Waals surface area contributed by atoms with Gasteiger partial charge in [-0.3, -0.25) is 4.90 Å². The molecule has 3 atom stereocenters. The predicted molar refractivity (Wildman–Crippen MR) is 78.2 cm³/mol. The first kappa shape index (κ1) is 13.8. The highest BCUT2D eigenvalue weighted by atomic mass is 16.3. The van der Waals surface area contributed by atoms with Crippen LogP contribution in [0.3, 0.4) is 0 Å². The van der Waals surface area contributed by atoms with Crippen LogP contribution in [0.25, 0.3) is 0 Å². The summed E-state index contributed by atoms with van der Waals surface area (Å²) in [6, 6.07) is 0.817. The zero-order valence-corrected chi connectivity index (χ0v) is 12.4. The molecule has 0 bridgehead atoms. The van der Waals surface area contributed by atoms with Crippen LogP contribution in [-0.2, 0) is 0 Å². The summed E-state index contributed by atoms with van der Waals surface area (Å²) < 4.78 is 0. The Balaban J connectivity index is 1.70. The van der Waals surface area contributed by atoms with Gasteiger partial charge in [-0.05, 0) is 63.5 Å². The highest BCUT2D eigenvalue weighted by Crippen LogP contribution is 2.43. The molecule has 0 aromatic carbocycles. The molecule has 3 rings (SSSR count). The smallest absolute Gasteiger partial charge is 0.0628 e. The number of likely N-dealkylation sites (tertiary alicyclic amines) is 1. The Morgan fingerprint density at radius 1 is 1.16 bits per heavy atom. The topological polar surface area (TPSA) is 35.5 Å². The molecule has 1 heterocycles. The fourth-order valence-electron chi connectivity index (χ4n) is 4.67. The molecule has 0 aromatic heterocycles. The van der Waals surface area contributed by atoms with Gasteiger partial charge in [0.1, 0.15) is 0 Å². The van der Waals surface area contributed by atoms with E-state index < -0.39 is 0 Å². The Bertz CT molecular complexity index is 305. The molecule has 110 valence electrons. The fourth-order valence-corrected chi connectivity index (χ4v) is 4.67. The molecule has 19 heavy (non-hydrogen) atoms. The second-order valence-corrected chi connectivity index (χ2v) is 6.99. The van der Waals surface area contributed by atoms with Crippen LogP contribution < -0.4 is 5.32 Å². The Kier molecular flexibility index (Phi) is 4.16. The van der Waals surface area contributed by atoms with Gasteiger partial charge in [0.25, 0.3) is 0 Å². The van der Waals surface area contributed by atoms with Crippen LogP contribution in [0.15, 0.2) is 0 Å². The van der Waals surface area contributed by atoms with Gasteiger partial charge in [-0.1, -0.05) is 13.3 Å². The van der Waals surface area contributed by atoms with Crippen molar-refractivity contribution in [3.05, 3.63) is 0 Å². The number of nitrogens with zero attached hydrogens (tertiary/aromatic N) is 1. The van der Waals surface area contributed by atoms with E-state index in [4.69, 9.17) is 0 Å². The Hall–Kier alpha value is -0.120. The van der Waals surface area contributed by atoms with E-state index in [1.165, 1.54) is 51.5 Å². The number of rotatable bonds is 6. The van der Waals surface area contributed by atoms with Crippen molar-refractivity contribution in [3.63, 3.8) is 0 Å². The first-order chi connectivity index (χ1) is 9.29. The van der Waals surface area contributed by atoms with E-state index in [-0.39, 0.29) is 5.54 Å². The van der Waals surface area contributed by atoms with E-state index in [9.17, 15) is 5.11 Å². The van der Waals surface area contributed by atoms with Crippen molar-refractivity contribution in [2.45, 2.75) is 63.5 Å². The number of hydrogen-bond donors (Lipinski definition) is 2. The first-order valence-corrected chi connectivity index (χ1v) is 8.39. The summed E-state index contributed by atoms with van der Waals surface area (Å²) >= 11 is 0. The van der Waals surface area contributed by atoms with Crippen molar-refractivity contribution < 1.29 is 5.11 Å². The minimum absolute atomic E-state index is 0.0147. The lowest BCUT2D eigenvalue weighted by molar-refractivity contribution is 0.0407.